The maximum atomic E-state index is 12.9. The van der Waals surface area contributed by atoms with Crippen LogP contribution >= 0.6 is 0 Å². The number of nitrogens with one attached hydrogen (secondary N) is 1. The van der Waals surface area contributed by atoms with Gasteiger partial charge in [0, 0.05) is 38.3 Å². The third-order valence-corrected chi connectivity index (χ3v) is 7.29. The molecule has 1 aliphatic heterocycles. The summed E-state index contributed by atoms with van der Waals surface area (Å²) >= 11 is 0. The molecule has 0 spiro atoms. The fourth-order valence-corrected chi connectivity index (χ4v) is 5.37. The van der Waals surface area contributed by atoms with Crippen LogP contribution in [-0.2, 0) is 21.4 Å². The number of ether oxygens (including phenoxy) is 2. The highest BCUT2D eigenvalue weighted by molar-refractivity contribution is 7.89. The van der Waals surface area contributed by atoms with Crippen LogP contribution in [0, 0.1) is 13.8 Å². The second kappa shape index (κ2) is 9.88. The van der Waals surface area contributed by atoms with Gasteiger partial charge < -0.3 is 18.9 Å². The summed E-state index contributed by atoms with van der Waals surface area (Å²) in [5.41, 5.74) is 1.27. The Kier molecular flexibility index (Phi) is 7.42. The van der Waals surface area contributed by atoms with Crippen molar-refractivity contribution in [2.75, 3.05) is 40.4 Å². The minimum atomic E-state index is -3.92. The quantitative estimate of drug-likeness (QED) is 0.620. The molecule has 176 valence electrons. The molecule has 1 amide bonds. The highest BCUT2D eigenvalue weighted by atomic mass is 32.2. The van der Waals surface area contributed by atoms with Crippen molar-refractivity contribution in [3.63, 3.8) is 0 Å². The fourth-order valence-electron chi connectivity index (χ4n) is 3.85. The van der Waals surface area contributed by atoms with Crippen LogP contribution in [0.3, 0.4) is 0 Å². The van der Waals surface area contributed by atoms with Gasteiger partial charge in [0.2, 0.25) is 15.9 Å². The Bertz CT molecular complexity index is 1040. The van der Waals surface area contributed by atoms with Crippen molar-refractivity contribution in [1.29, 1.82) is 0 Å². The van der Waals surface area contributed by atoms with E-state index >= 15 is 0 Å². The molecule has 1 aromatic heterocycles. The maximum Gasteiger partial charge on any atom is 0.246 e. The highest BCUT2D eigenvalue weighted by Crippen LogP contribution is 2.26. The van der Waals surface area contributed by atoms with Gasteiger partial charge in [0.1, 0.15) is 22.1 Å². The zero-order valence-corrected chi connectivity index (χ0v) is 19.9. The molecule has 2 aromatic rings. The van der Waals surface area contributed by atoms with E-state index in [0.29, 0.717) is 32.7 Å². The van der Waals surface area contributed by atoms with Crippen LogP contribution in [0.5, 0.6) is 11.5 Å². The lowest BCUT2D eigenvalue weighted by molar-refractivity contribution is -0.134. The second-order valence-electron chi connectivity index (χ2n) is 7.78. The van der Waals surface area contributed by atoms with E-state index in [0.717, 1.165) is 17.1 Å². The molecule has 0 unspecified atom stereocenters. The molecule has 1 atom stereocenters. The normalized spacial score (nSPS) is 16.1. The van der Waals surface area contributed by atoms with Crippen molar-refractivity contribution in [2.45, 2.75) is 38.3 Å². The molecule has 10 nitrogen and oxygen atoms in total. The first-order valence-electron chi connectivity index (χ1n) is 10.3. The Labute approximate surface area is 188 Å². The van der Waals surface area contributed by atoms with Crippen LogP contribution in [0.25, 0.3) is 0 Å². The van der Waals surface area contributed by atoms with Gasteiger partial charge in [-0.25, -0.2) is 8.42 Å². The molecule has 3 rings (SSSR count). The number of amides is 1. The molecule has 11 heteroatoms. The number of benzene rings is 1. The molecular formula is C21H30N4O6S. The van der Waals surface area contributed by atoms with E-state index in [-0.39, 0.29) is 22.3 Å². The predicted octanol–water partition coefficient (Wildman–Crippen LogP) is 1.32. The molecule has 0 radical (unpaired) electrons. The summed E-state index contributed by atoms with van der Waals surface area (Å²) in [6.45, 7) is 7.61. The summed E-state index contributed by atoms with van der Waals surface area (Å²) in [5.74, 6) is 1.47. The smallest absolute Gasteiger partial charge is 0.246 e. The number of hydrogen-bond donors (Lipinski definition) is 1. The van der Waals surface area contributed by atoms with E-state index in [2.05, 4.69) is 14.8 Å². The molecular weight excluding hydrogens is 436 g/mol. The van der Waals surface area contributed by atoms with E-state index in [1.807, 2.05) is 18.2 Å². The number of rotatable bonds is 8. The molecule has 2 heterocycles. The van der Waals surface area contributed by atoms with Gasteiger partial charge in [-0.15, -0.1) is 0 Å². The van der Waals surface area contributed by atoms with Crippen molar-refractivity contribution in [3.05, 3.63) is 35.2 Å². The van der Waals surface area contributed by atoms with Crippen LogP contribution in [0.1, 0.15) is 23.9 Å². The summed E-state index contributed by atoms with van der Waals surface area (Å²) in [5, 5.41) is 3.68. The summed E-state index contributed by atoms with van der Waals surface area (Å²) in [7, 11) is -0.663. The number of hydrogen-bond acceptors (Lipinski definition) is 8. The predicted molar refractivity (Wildman–Crippen MR) is 117 cm³/mol. The Morgan fingerprint density at radius 3 is 2.44 bits per heavy atom. The van der Waals surface area contributed by atoms with Crippen molar-refractivity contribution < 1.29 is 27.2 Å². The van der Waals surface area contributed by atoms with Crippen molar-refractivity contribution in [2.24, 2.45) is 0 Å². The zero-order valence-electron chi connectivity index (χ0n) is 19.0. The van der Waals surface area contributed by atoms with Crippen molar-refractivity contribution in [3.8, 4) is 11.5 Å². The molecule has 0 aliphatic carbocycles. The summed E-state index contributed by atoms with van der Waals surface area (Å²) in [6, 6.07) is 4.77. The Morgan fingerprint density at radius 2 is 1.88 bits per heavy atom. The minimum absolute atomic E-state index is 0.0193. The molecule has 1 aliphatic rings. The van der Waals surface area contributed by atoms with Crippen molar-refractivity contribution >= 4 is 15.9 Å². The van der Waals surface area contributed by atoms with E-state index < -0.39 is 16.1 Å². The van der Waals surface area contributed by atoms with Gasteiger partial charge in [-0.1, -0.05) is 5.16 Å². The lowest BCUT2D eigenvalue weighted by Crippen LogP contribution is -2.53. The van der Waals surface area contributed by atoms with Gasteiger partial charge in [-0.05, 0) is 39.0 Å². The van der Waals surface area contributed by atoms with E-state index in [1.54, 1.807) is 33.0 Å². The molecule has 32 heavy (non-hydrogen) atoms. The first kappa shape index (κ1) is 24.0. The second-order valence-corrected chi connectivity index (χ2v) is 9.43. The van der Waals surface area contributed by atoms with Gasteiger partial charge in [0.05, 0.1) is 20.3 Å². The van der Waals surface area contributed by atoms with E-state index in [4.69, 9.17) is 14.0 Å². The number of sulfonamides is 1. The zero-order chi connectivity index (χ0) is 23.5. The lowest BCUT2D eigenvalue weighted by Gasteiger charge is -2.36. The molecule has 1 fully saturated rings. The van der Waals surface area contributed by atoms with E-state index in [1.165, 1.54) is 6.92 Å². The Balaban J connectivity index is 1.59. The number of carbonyl (C=O) groups excluding carboxylic acids is 1. The average Bonchev–Trinajstić information content (AvgIpc) is 3.12. The van der Waals surface area contributed by atoms with E-state index in [9.17, 15) is 13.2 Å². The molecule has 1 aromatic carbocycles. The third-order valence-electron chi connectivity index (χ3n) is 5.50. The van der Waals surface area contributed by atoms with Gasteiger partial charge in [-0.2, -0.15) is 4.72 Å². The largest absolute Gasteiger partial charge is 0.497 e. The molecule has 0 saturated carbocycles. The number of nitrogens with zero attached hydrogens (tertiary/aromatic N) is 3. The van der Waals surface area contributed by atoms with Crippen LogP contribution in [0.2, 0.25) is 0 Å². The minimum Gasteiger partial charge on any atom is -0.497 e. The number of aromatic nitrogens is 1. The van der Waals surface area contributed by atoms with Crippen LogP contribution < -0.4 is 14.2 Å². The topological polar surface area (TPSA) is 114 Å². The number of piperazine rings is 1. The van der Waals surface area contributed by atoms with Crippen LogP contribution in [-0.4, -0.2) is 75.7 Å². The van der Waals surface area contributed by atoms with Gasteiger partial charge in [-0.3, -0.25) is 9.69 Å². The molecule has 0 bridgehead atoms. The Morgan fingerprint density at radius 1 is 1.19 bits per heavy atom. The fraction of sp³-hybridized carbons (Fsp3) is 0.524. The summed E-state index contributed by atoms with van der Waals surface area (Å²) in [6.07, 6.45) is 0. The number of carbonyl (C=O) groups is 1. The summed E-state index contributed by atoms with van der Waals surface area (Å²) in [4.78, 5) is 16.8. The first-order valence-corrected chi connectivity index (χ1v) is 11.8. The van der Waals surface area contributed by atoms with Gasteiger partial charge in [0.25, 0.3) is 0 Å². The van der Waals surface area contributed by atoms with Gasteiger partial charge >= 0.3 is 0 Å². The van der Waals surface area contributed by atoms with Crippen LogP contribution in [0.4, 0.5) is 0 Å². The number of aryl methyl sites for hydroxylation is 2. The van der Waals surface area contributed by atoms with Crippen LogP contribution in [0.15, 0.2) is 27.6 Å². The maximum absolute atomic E-state index is 12.9. The monoisotopic (exact) mass is 466 g/mol. The summed E-state index contributed by atoms with van der Waals surface area (Å²) < 4.78 is 43.5. The highest BCUT2D eigenvalue weighted by Gasteiger charge is 2.31. The third kappa shape index (κ3) is 5.22. The lowest BCUT2D eigenvalue weighted by atomic mass is 10.1. The number of methoxy groups -OCH3 is 2. The Hall–Kier alpha value is -2.63. The van der Waals surface area contributed by atoms with Gasteiger partial charge in [0.15, 0.2) is 5.76 Å². The van der Waals surface area contributed by atoms with Crippen molar-refractivity contribution in [1.82, 2.24) is 19.7 Å². The first-order chi connectivity index (χ1) is 15.2. The SMILES string of the molecule is COc1ccc(OC)c(CN2CCN(C(=O)[C@H](C)NS(=O)(=O)c3c(C)noc3C)CC2)c1. The molecule has 1 N–H and O–H groups in total. The molecule has 1 saturated heterocycles. The average molecular weight is 467 g/mol. The standard InChI is InChI=1S/C21H30N4O6S/c1-14-20(16(3)31-22-14)32(27,28)23-15(2)21(26)25-10-8-24(9-11-25)13-17-12-18(29-4)6-7-19(17)30-5/h6-7,12,15,23H,8-11,13H2,1-5H3/t15-/m0/s1.